The summed E-state index contributed by atoms with van der Waals surface area (Å²) in [7, 11) is 6.50. The molecular weight excluding hydrogens is 370 g/mol. The molecule has 164 valence electrons. The van der Waals surface area contributed by atoms with Crippen LogP contribution in [-0.2, 0) is 28.6 Å². The Kier molecular flexibility index (Phi) is 15.2. The maximum Gasteiger partial charge on any atom is 0.236 e. The number of nitrogens with one attached hydrogen (secondary N) is 5. The Hall–Kier alpha value is -1.79. The molecule has 0 aliphatic carbocycles. The molecule has 3 amide bonds. The largest absolute Gasteiger partial charge is 0.379 e. The highest BCUT2D eigenvalue weighted by Gasteiger charge is 2.30. The van der Waals surface area contributed by atoms with Gasteiger partial charge in [0, 0.05) is 34.0 Å². The van der Waals surface area contributed by atoms with Gasteiger partial charge in [0.25, 0.3) is 0 Å². The molecule has 0 aliphatic heterocycles. The summed E-state index contributed by atoms with van der Waals surface area (Å²) in [5.41, 5.74) is 4.35. The van der Waals surface area contributed by atoms with Gasteiger partial charge in [-0.1, -0.05) is 0 Å². The van der Waals surface area contributed by atoms with Crippen molar-refractivity contribution in [3.63, 3.8) is 0 Å². The normalized spacial score (nSPS) is 11.1. The molecule has 11 heteroatoms. The number of rotatable bonds is 17. The highest BCUT2D eigenvalue weighted by molar-refractivity contribution is 5.76. The summed E-state index contributed by atoms with van der Waals surface area (Å²) in [4.78, 5) is 34.0. The van der Waals surface area contributed by atoms with Crippen LogP contribution in [-0.4, -0.2) is 91.1 Å². The summed E-state index contributed by atoms with van der Waals surface area (Å²) in [5, 5.41) is 8.21. The third-order valence-electron chi connectivity index (χ3n) is 3.91. The number of ether oxygens (including phenoxy) is 3. The first-order chi connectivity index (χ1) is 13.4. The molecule has 11 nitrogen and oxygen atoms in total. The fourth-order valence-electron chi connectivity index (χ4n) is 2.09. The van der Waals surface area contributed by atoms with Gasteiger partial charge in [0.2, 0.25) is 17.7 Å². The minimum absolute atomic E-state index is 0.108. The first-order valence-electron chi connectivity index (χ1n) is 9.22. The molecule has 0 spiro atoms. The lowest BCUT2D eigenvalue weighted by atomic mass is 10.0. The van der Waals surface area contributed by atoms with Gasteiger partial charge in [-0.25, -0.2) is 5.43 Å². The number of hydrogen-bond donors (Lipinski definition) is 5. The predicted octanol–water partition coefficient (Wildman–Crippen LogP) is -2.09. The minimum atomic E-state index is -0.676. The molecular formula is C17H35N5O6. The zero-order valence-corrected chi connectivity index (χ0v) is 17.3. The van der Waals surface area contributed by atoms with Crippen LogP contribution in [0.25, 0.3) is 0 Å². The summed E-state index contributed by atoms with van der Waals surface area (Å²) in [6.45, 7) is 1.45. The second-order valence-electron chi connectivity index (χ2n) is 6.08. The van der Waals surface area contributed by atoms with Gasteiger partial charge in [-0.2, -0.15) is 0 Å². The van der Waals surface area contributed by atoms with Crippen molar-refractivity contribution in [3.8, 4) is 0 Å². The molecule has 0 radical (unpaired) electrons. The standard InChI is InChI=1S/C17H35N5O6/c1-18-14(23)5-8-26-11-17(20-3,12-27-9-6-15(24)19-2)13-28-10-7-16(25)22-21-4/h20-21H,5-13H2,1-4H3,(H,18,23)(H,19,24)(H,22,25). The van der Waals surface area contributed by atoms with Crippen molar-refractivity contribution in [2.24, 2.45) is 0 Å². The van der Waals surface area contributed by atoms with Crippen molar-refractivity contribution in [3.05, 3.63) is 0 Å². The average Bonchev–Trinajstić information content (AvgIpc) is 2.70. The van der Waals surface area contributed by atoms with Gasteiger partial charge in [0.1, 0.15) is 0 Å². The molecule has 0 bridgehead atoms. The Balaban J connectivity index is 4.54. The molecule has 0 aromatic carbocycles. The lowest BCUT2D eigenvalue weighted by molar-refractivity contribution is -0.123. The van der Waals surface area contributed by atoms with Crippen molar-refractivity contribution in [1.29, 1.82) is 0 Å². The van der Waals surface area contributed by atoms with E-state index in [1.165, 1.54) is 0 Å². The van der Waals surface area contributed by atoms with Crippen LogP contribution in [0.3, 0.4) is 0 Å². The third-order valence-corrected chi connectivity index (χ3v) is 3.91. The molecule has 0 saturated carbocycles. The Morgan fingerprint density at radius 3 is 1.39 bits per heavy atom. The molecule has 0 atom stereocenters. The predicted molar refractivity (Wildman–Crippen MR) is 103 cm³/mol. The SMILES string of the molecule is CNNC(=O)CCOCC(COCCC(=O)NC)(COCCC(=O)NC)NC. The van der Waals surface area contributed by atoms with E-state index >= 15 is 0 Å². The van der Waals surface area contributed by atoms with Gasteiger partial charge >= 0.3 is 0 Å². The highest BCUT2D eigenvalue weighted by atomic mass is 16.5. The van der Waals surface area contributed by atoms with E-state index in [1.54, 1.807) is 28.2 Å². The van der Waals surface area contributed by atoms with E-state index in [0.717, 1.165) is 0 Å². The van der Waals surface area contributed by atoms with Crippen molar-refractivity contribution in [2.45, 2.75) is 24.8 Å². The second-order valence-corrected chi connectivity index (χ2v) is 6.08. The number of hydrazine groups is 1. The van der Waals surface area contributed by atoms with E-state index in [0.29, 0.717) is 0 Å². The first-order valence-corrected chi connectivity index (χ1v) is 9.22. The molecule has 0 unspecified atom stereocenters. The topological polar surface area (TPSA) is 139 Å². The van der Waals surface area contributed by atoms with Gasteiger partial charge in [0.05, 0.1) is 51.6 Å². The molecule has 28 heavy (non-hydrogen) atoms. The lowest BCUT2D eigenvalue weighted by Gasteiger charge is -2.33. The van der Waals surface area contributed by atoms with Gasteiger partial charge in [-0.15, -0.1) is 0 Å². The van der Waals surface area contributed by atoms with E-state index in [4.69, 9.17) is 14.2 Å². The fraction of sp³-hybridized carbons (Fsp3) is 0.824. The molecule has 0 fully saturated rings. The first kappa shape index (κ1) is 26.2. The van der Waals surface area contributed by atoms with E-state index in [2.05, 4.69) is 26.8 Å². The van der Waals surface area contributed by atoms with Crippen LogP contribution in [0.15, 0.2) is 0 Å². The summed E-state index contributed by atoms with van der Waals surface area (Å²) < 4.78 is 16.9. The van der Waals surface area contributed by atoms with E-state index in [9.17, 15) is 14.4 Å². The summed E-state index contributed by atoms with van der Waals surface area (Å²) in [6.07, 6.45) is 0.702. The Morgan fingerprint density at radius 2 is 1.07 bits per heavy atom. The highest BCUT2D eigenvalue weighted by Crippen LogP contribution is 2.09. The third kappa shape index (κ3) is 12.6. The zero-order valence-electron chi connectivity index (χ0n) is 17.3. The average molecular weight is 405 g/mol. The quantitative estimate of drug-likeness (QED) is 0.137. The van der Waals surface area contributed by atoms with Gasteiger partial charge < -0.3 is 30.2 Å². The van der Waals surface area contributed by atoms with Crippen molar-refractivity contribution < 1.29 is 28.6 Å². The van der Waals surface area contributed by atoms with E-state index in [1.807, 2.05) is 0 Å². The monoisotopic (exact) mass is 405 g/mol. The summed E-state index contributed by atoms with van der Waals surface area (Å²) in [5.74, 6) is -0.395. The van der Waals surface area contributed by atoms with Crippen molar-refractivity contribution in [1.82, 2.24) is 26.8 Å². The van der Waals surface area contributed by atoms with Crippen LogP contribution in [0.4, 0.5) is 0 Å². The molecule has 0 aliphatic rings. The van der Waals surface area contributed by atoms with Crippen LogP contribution < -0.4 is 26.8 Å². The molecule has 0 heterocycles. The number of carbonyl (C=O) groups excluding carboxylic acids is 3. The number of amides is 3. The lowest BCUT2D eigenvalue weighted by Crippen LogP contribution is -2.55. The number of carbonyl (C=O) groups is 3. The van der Waals surface area contributed by atoms with Crippen LogP contribution in [0, 0.1) is 0 Å². The molecule has 5 N–H and O–H groups in total. The minimum Gasteiger partial charge on any atom is -0.379 e. The maximum atomic E-state index is 11.4. The molecule has 0 aromatic rings. The second kappa shape index (κ2) is 16.2. The maximum absolute atomic E-state index is 11.4. The van der Waals surface area contributed by atoms with Crippen LogP contribution in [0.1, 0.15) is 19.3 Å². The Bertz CT molecular complexity index is 439. The summed E-state index contributed by atoms with van der Waals surface area (Å²) in [6, 6.07) is 0. The van der Waals surface area contributed by atoms with Crippen molar-refractivity contribution >= 4 is 17.7 Å². The van der Waals surface area contributed by atoms with Gasteiger partial charge in [0.15, 0.2) is 0 Å². The Morgan fingerprint density at radius 1 is 0.679 bits per heavy atom. The molecule has 0 aromatic heterocycles. The van der Waals surface area contributed by atoms with E-state index < -0.39 is 5.54 Å². The molecule has 0 saturated heterocycles. The Labute approximate surface area is 166 Å². The van der Waals surface area contributed by atoms with Crippen LogP contribution in [0.2, 0.25) is 0 Å². The van der Waals surface area contributed by atoms with Gasteiger partial charge in [-0.05, 0) is 7.05 Å². The van der Waals surface area contributed by atoms with Crippen LogP contribution in [0.5, 0.6) is 0 Å². The number of hydrogen-bond acceptors (Lipinski definition) is 8. The smallest absolute Gasteiger partial charge is 0.236 e. The molecule has 0 rings (SSSR count). The number of likely N-dealkylation sites (N-methyl/N-ethyl adjacent to an activating group) is 1. The van der Waals surface area contributed by atoms with Crippen molar-refractivity contribution in [2.75, 3.05) is 67.8 Å². The van der Waals surface area contributed by atoms with Gasteiger partial charge in [-0.3, -0.25) is 19.8 Å². The summed E-state index contributed by atoms with van der Waals surface area (Å²) >= 11 is 0. The zero-order chi connectivity index (χ0) is 21.3. The fourth-order valence-corrected chi connectivity index (χ4v) is 2.09. The van der Waals surface area contributed by atoms with Crippen LogP contribution >= 0.6 is 0 Å². The van der Waals surface area contributed by atoms with E-state index in [-0.39, 0.29) is 76.6 Å².